The maximum Gasteiger partial charge on any atom is 0.196 e. The van der Waals surface area contributed by atoms with Crippen LogP contribution >= 0.6 is 0 Å². The third-order valence-corrected chi connectivity index (χ3v) is 3.92. The van der Waals surface area contributed by atoms with Crippen molar-refractivity contribution in [2.45, 2.75) is 40.0 Å². The van der Waals surface area contributed by atoms with Gasteiger partial charge < -0.3 is 9.80 Å². The molecular formula is C13H27N3. The maximum atomic E-state index is 4.61. The molecule has 1 rings (SSSR count). The van der Waals surface area contributed by atoms with E-state index in [-0.39, 0.29) is 0 Å². The second-order valence-corrected chi connectivity index (χ2v) is 5.05. The fourth-order valence-corrected chi connectivity index (χ4v) is 2.60. The largest absolute Gasteiger partial charge is 0.349 e. The van der Waals surface area contributed by atoms with E-state index in [1.165, 1.54) is 32.4 Å². The summed E-state index contributed by atoms with van der Waals surface area (Å²) in [5.41, 5.74) is 0.532. The zero-order chi connectivity index (χ0) is 12.2. The SMILES string of the molecule is CCN=C(N(C)C)N1CCC(CC)(CC)C1. The second kappa shape index (κ2) is 5.55. The highest BCUT2D eigenvalue weighted by atomic mass is 15.4. The van der Waals surface area contributed by atoms with Crippen molar-refractivity contribution in [2.75, 3.05) is 33.7 Å². The molecule has 0 N–H and O–H groups in total. The number of guanidine groups is 1. The number of aliphatic imine (C=N–C) groups is 1. The Kier molecular flexibility index (Phi) is 4.63. The van der Waals surface area contributed by atoms with Gasteiger partial charge >= 0.3 is 0 Å². The molecule has 1 saturated heterocycles. The van der Waals surface area contributed by atoms with Crippen LogP contribution in [-0.2, 0) is 0 Å². The molecule has 0 radical (unpaired) electrons. The van der Waals surface area contributed by atoms with E-state index in [2.05, 4.69) is 49.7 Å². The predicted molar refractivity (Wildman–Crippen MR) is 70.9 cm³/mol. The van der Waals surface area contributed by atoms with E-state index in [0.29, 0.717) is 5.41 Å². The topological polar surface area (TPSA) is 18.8 Å². The summed E-state index contributed by atoms with van der Waals surface area (Å²) < 4.78 is 0. The molecule has 0 amide bonds. The molecule has 3 heteroatoms. The number of nitrogens with zero attached hydrogens (tertiary/aromatic N) is 3. The molecule has 0 bridgehead atoms. The van der Waals surface area contributed by atoms with Crippen LogP contribution in [0.4, 0.5) is 0 Å². The minimum absolute atomic E-state index is 0.532. The number of hydrogen-bond donors (Lipinski definition) is 0. The Morgan fingerprint density at radius 2 is 1.88 bits per heavy atom. The van der Waals surface area contributed by atoms with Gasteiger partial charge in [0.25, 0.3) is 0 Å². The van der Waals surface area contributed by atoms with Crippen molar-refractivity contribution in [3.63, 3.8) is 0 Å². The van der Waals surface area contributed by atoms with Crippen molar-refractivity contribution in [3.8, 4) is 0 Å². The van der Waals surface area contributed by atoms with Gasteiger partial charge in [-0.25, -0.2) is 0 Å². The summed E-state index contributed by atoms with van der Waals surface area (Å²) in [5.74, 6) is 1.16. The average molecular weight is 225 g/mol. The van der Waals surface area contributed by atoms with Gasteiger partial charge in [0.05, 0.1) is 0 Å². The van der Waals surface area contributed by atoms with Gasteiger partial charge in [-0.3, -0.25) is 4.99 Å². The van der Waals surface area contributed by atoms with E-state index in [9.17, 15) is 0 Å². The highest BCUT2D eigenvalue weighted by Gasteiger charge is 2.36. The van der Waals surface area contributed by atoms with Crippen LogP contribution in [0.5, 0.6) is 0 Å². The molecule has 0 aliphatic carbocycles. The molecule has 0 unspecified atom stereocenters. The van der Waals surface area contributed by atoms with Gasteiger partial charge in [0.1, 0.15) is 0 Å². The third kappa shape index (κ3) is 2.69. The van der Waals surface area contributed by atoms with E-state index in [4.69, 9.17) is 0 Å². The first-order chi connectivity index (χ1) is 7.58. The summed E-state index contributed by atoms with van der Waals surface area (Å²) in [6.45, 7) is 9.95. The smallest absolute Gasteiger partial charge is 0.196 e. The summed E-state index contributed by atoms with van der Waals surface area (Å²) in [6.07, 6.45) is 3.89. The molecule has 3 nitrogen and oxygen atoms in total. The number of rotatable bonds is 3. The Morgan fingerprint density at radius 1 is 1.25 bits per heavy atom. The van der Waals surface area contributed by atoms with Gasteiger partial charge in [-0.2, -0.15) is 0 Å². The minimum Gasteiger partial charge on any atom is -0.349 e. The molecule has 0 atom stereocenters. The van der Waals surface area contributed by atoms with Crippen LogP contribution in [0.1, 0.15) is 40.0 Å². The number of likely N-dealkylation sites (tertiary alicyclic amines) is 1. The summed E-state index contributed by atoms with van der Waals surface area (Å²) in [5, 5.41) is 0. The lowest BCUT2D eigenvalue weighted by atomic mass is 9.82. The van der Waals surface area contributed by atoms with Crippen molar-refractivity contribution in [1.29, 1.82) is 0 Å². The fraction of sp³-hybridized carbons (Fsp3) is 0.923. The van der Waals surface area contributed by atoms with Crippen molar-refractivity contribution in [3.05, 3.63) is 0 Å². The first kappa shape index (κ1) is 13.3. The zero-order valence-corrected chi connectivity index (χ0v) is 11.6. The Bertz CT molecular complexity index is 242. The van der Waals surface area contributed by atoms with Gasteiger partial charge in [-0.1, -0.05) is 13.8 Å². The van der Waals surface area contributed by atoms with Crippen LogP contribution in [0.15, 0.2) is 4.99 Å². The minimum atomic E-state index is 0.532. The second-order valence-electron chi connectivity index (χ2n) is 5.05. The molecule has 0 aromatic carbocycles. The molecule has 94 valence electrons. The molecule has 0 aromatic rings. The van der Waals surface area contributed by atoms with Crippen molar-refractivity contribution < 1.29 is 0 Å². The zero-order valence-electron chi connectivity index (χ0n) is 11.6. The van der Waals surface area contributed by atoms with Crippen LogP contribution in [0, 0.1) is 5.41 Å². The van der Waals surface area contributed by atoms with Crippen LogP contribution in [-0.4, -0.2) is 49.5 Å². The molecule has 1 aliphatic heterocycles. The van der Waals surface area contributed by atoms with E-state index in [1.807, 2.05) is 0 Å². The maximum absolute atomic E-state index is 4.61. The van der Waals surface area contributed by atoms with E-state index >= 15 is 0 Å². The van der Waals surface area contributed by atoms with Crippen molar-refractivity contribution >= 4 is 5.96 Å². The van der Waals surface area contributed by atoms with E-state index < -0.39 is 0 Å². The molecule has 1 heterocycles. The monoisotopic (exact) mass is 225 g/mol. The Hall–Kier alpha value is -0.730. The van der Waals surface area contributed by atoms with Crippen molar-refractivity contribution in [2.24, 2.45) is 10.4 Å². The highest BCUT2D eigenvalue weighted by molar-refractivity contribution is 5.80. The first-order valence-corrected chi connectivity index (χ1v) is 6.55. The lowest BCUT2D eigenvalue weighted by molar-refractivity contribution is 0.271. The number of hydrogen-bond acceptors (Lipinski definition) is 1. The molecule has 16 heavy (non-hydrogen) atoms. The summed E-state index contributed by atoms with van der Waals surface area (Å²) in [6, 6.07) is 0. The molecule has 0 aromatic heterocycles. The highest BCUT2D eigenvalue weighted by Crippen LogP contribution is 2.37. The van der Waals surface area contributed by atoms with Gasteiger partial charge in [0.2, 0.25) is 0 Å². The lowest BCUT2D eigenvalue weighted by Gasteiger charge is -2.30. The molecular weight excluding hydrogens is 198 g/mol. The first-order valence-electron chi connectivity index (χ1n) is 6.55. The van der Waals surface area contributed by atoms with Crippen LogP contribution < -0.4 is 0 Å². The predicted octanol–water partition coefficient (Wildman–Crippen LogP) is 2.44. The lowest BCUT2D eigenvalue weighted by Crippen LogP contribution is -2.40. The Morgan fingerprint density at radius 3 is 2.25 bits per heavy atom. The van der Waals surface area contributed by atoms with Gasteiger partial charge in [0, 0.05) is 33.7 Å². The van der Waals surface area contributed by atoms with Crippen LogP contribution in [0.2, 0.25) is 0 Å². The van der Waals surface area contributed by atoms with E-state index in [1.54, 1.807) is 0 Å². The standard InChI is InChI=1S/C13H27N3/c1-6-13(7-2)9-10-16(11-13)12(14-8-3)15(4)5/h6-11H2,1-5H3. The molecule has 0 spiro atoms. The summed E-state index contributed by atoms with van der Waals surface area (Å²) >= 11 is 0. The van der Waals surface area contributed by atoms with Gasteiger partial charge in [-0.15, -0.1) is 0 Å². The summed E-state index contributed by atoms with van der Waals surface area (Å²) in [7, 11) is 4.18. The normalized spacial score (nSPS) is 20.3. The Balaban J connectivity index is 2.74. The Labute approximate surface area is 101 Å². The average Bonchev–Trinajstić information content (AvgIpc) is 2.70. The van der Waals surface area contributed by atoms with Gasteiger partial charge in [0.15, 0.2) is 5.96 Å². The molecule has 1 fully saturated rings. The molecule has 1 aliphatic rings. The summed E-state index contributed by atoms with van der Waals surface area (Å²) in [4.78, 5) is 9.21. The van der Waals surface area contributed by atoms with Gasteiger partial charge in [-0.05, 0) is 31.6 Å². The van der Waals surface area contributed by atoms with Crippen LogP contribution in [0.25, 0.3) is 0 Å². The van der Waals surface area contributed by atoms with Crippen LogP contribution in [0.3, 0.4) is 0 Å². The van der Waals surface area contributed by atoms with Crippen molar-refractivity contribution in [1.82, 2.24) is 9.80 Å². The van der Waals surface area contributed by atoms with E-state index in [0.717, 1.165) is 12.5 Å². The third-order valence-electron chi connectivity index (χ3n) is 3.92. The molecule has 0 saturated carbocycles. The quantitative estimate of drug-likeness (QED) is 0.543. The fourth-order valence-electron chi connectivity index (χ4n) is 2.60.